The molecule has 0 saturated carbocycles. The fourth-order valence-corrected chi connectivity index (χ4v) is 3.12. The first-order chi connectivity index (χ1) is 15.5. The van der Waals surface area contributed by atoms with Crippen molar-refractivity contribution >= 4 is 18.3 Å². The van der Waals surface area contributed by atoms with Crippen LogP contribution in [0.5, 0.6) is 0 Å². The first kappa shape index (κ1) is 31.8. The van der Waals surface area contributed by atoms with Crippen molar-refractivity contribution in [2.45, 2.75) is 118 Å². The average molecular weight is 488 g/mol. The smallest absolute Gasteiger partial charge is 0.407 e. The highest BCUT2D eigenvalue weighted by atomic mass is 16.6. The zero-order valence-electron chi connectivity index (χ0n) is 22.9. The minimum atomic E-state index is -0.519. The Balaban J connectivity index is 4.43. The van der Waals surface area contributed by atoms with Gasteiger partial charge in [0.2, 0.25) is 0 Å². The highest BCUT2D eigenvalue weighted by Crippen LogP contribution is 2.19. The van der Waals surface area contributed by atoms with Gasteiger partial charge in [-0.15, -0.1) is 0 Å². The van der Waals surface area contributed by atoms with Crippen molar-refractivity contribution < 1.29 is 28.6 Å². The van der Waals surface area contributed by atoms with Gasteiger partial charge in [0.1, 0.15) is 16.8 Å². The van der Waals surface area contributed by atoms with Crippen molar-refractivity contribution in [2.75, 3.05) is 19.6 Å². The molecule has 0 aromatic rings. The number of amides is 3. The molecule has 0 aliphatic rings. The summed E-state index contributed by atoms with van der Waals surface area (Å²) < 4.78 is 15.8. The summed E-state index contributed by atoms with van der Waals surface area (Å²) in [5, 5.41) is 8.38. The molecule has 0 spiro atoms. The third-order valence-electron chi connectivity index (χ3n) is 4.37. The fourth-order valence-electron chi connectivity index (χ4n) is 3.12. The second-order valence-corrected chi connectivity index (χ2v) is 11.6. The van der Waals surface area contributed by atoms with Gasteiger partial charge in [0.05, 0.1) is 0 Å². The van der Waals surface area contributed by atoms with Crippen molar-refractivity contribution in [1.82, 2.24) is 16.0 Å². The molecule has 0 bridgehead atoms. The number of rotatable bonds is 12. The predicted molar refractivity (Wildman–Crippen MR) is 134 cm³/mol. The molecule has 0 unspecified atom stereocenters. The zero-order chi connectivity index (χ0) is 26.4. The molecule has 0 aliphatic carbocycles. The summed E-state index contributed by atoms with van der Waals surface area (Å²) in [7, 11) is 0. The SMILES string of the molecule is CC(C)(C)OC(=O)NCCCC(CCCNC(=O)OC(C)(C)C)CCCNC(=O)OC(C)(C)C. The summed E-state index contributed by atoms with van der Waals surface area (Å²) in [6, 6.07) is 0. The largest absolute Gasteiger partial charge is 0.444 e. The minimum absolute atomic E-state index is 0.404. The predicted octanol–water partition coefficient (Wildman–Crippen LogP) is 5.52. The molecule has 9 nitrogen and oxygen atoms in total. The number of carbonyl (C=O) groups excluding carboxylic acids is 3. The second-order valence-electron chi connectivity index (χ2n) is 11.6. The maximum atomic E-state index is 11.8. The van der Waals surface area contributed by atoms with Crippen molar-refractivity contribution in [1.29, 1.82) is 0 Å². The summed E-state index contributed by atoms with van der Waals surface area (Å²) in [4.78, 5) is 35.4. The molecule has 200 valence electrons. The first-order valence-electron chi connectivity index (χ1n) is 12.4. The number of hydrogen-bond acceptors (Lipinski definition) is 6. The summed E-state index contributed by atoms with van der Waals surface area (Å²) in [5.41, 5.74) is -1.56. The van der Waals surface area contributed by atoms with Gasteiger partial charge in [0, 0.05) is 19.6 Å². The minimum Gasteiger partial charge on any atom is -0.444 e. The van der Waals surface area contributed by atoms with E-state index in [2.05, 4.69) is 16.0 Å². The van der Waals surface area contributed by atoms with Gasteiger partial charge in [-0.05, 0) is 107 Å². The van der Waals surface area contributed by atoms with E-state index in [1.807, 2.05) is 62.3 Å². The first-order valence-corrected chi connectivity index (χ1v) is 12.4. The molecule has 0 aliphatic heterocycles. The van der Waals surface area contributed by atoms with Gasteiger partial charge in [-0.3, -0.25) is 0 Å². The molecular formula is C25H49N3O6. The van der Waals surface area contributed by atoms with Crippen LogP contribution in [-0.2, 0) is 14.2 Å². The molecule has 0 aromatic carbocycles. The van der Waals surface area contributed by atoms with Crippen LogP contribution in [0.25, 0.3) is 0 Å². The van der Waals surface area contributed by atoms with Crippen molar-refractivity contribution in [3.8, 4) is 0 Å². The molecule has 0 rings (SSSR count). The standard InChI is InChI=1S/C25H49N3O6/c1-23(2,3)32-20(29)26-16-10-13-19(14-11-17-27-21(30)33-24(4,5)6)15-12-18-28-22(31)34-25(7,8)9/h19H,10-18H2,1-9H3,(H,26,29)(H,27,30)(H,28,31). The Morgan fingerprint density at radius 1 is 0.529 bits per heavy atom. The van der Waals surface area contributed by atoms with E-state index in [1.165, 1.54) is 0 Å². The van der Waals surface area contributed by atoms with Gasteiger partial charge in [-0.1, -0.05) is 0 Å². The Kier molecular flexibility index (Phi) is 14.0. The van der Waals surface area contributed by atoms with Crippen molar-refractivity contribution in [3.05, 3.63) is 0 Å². The molecule has 0 radical (unpaired) electrons. The summed E-state index contributed by atoms with van der Waals surface area (Å²) in [5.74, 6) is 0.404. The van der Waals surface area contributed by atoms with Crippen LogP contribution in [0.4, 0.5) is 14.4 Å². The van der Waals surface area contributed by atoms with Crippen LogP contribution < -0.4 is 16.0 Å². The van der Waals surface area contributed by atoms with Gasteiger partial charge < -0.3 is 30.2 Å². The molecule has 9 heteroatoms. The Morgan fingerprint density at radius 2 is 0.765 bits per heavy atom. The maximum Gasteiger partial charge on any atom is 0.407 e. The fraction of sp³-hybridized carbons (Fsp3) is 0.880. The maximum absolute atomic E-state index is 11.8. The van der Waals surface area contributed by atoms with Crippen LogP contribution in [0.1, 0.15) is 101 Å². The molecule has 34 heavy (non-hydrogen) atoms. The van der Waals surface area contributed by atoms with Crippen molar-refractivity contribution in [3.63, 3.8) is 0 Å². The molecule has 0 atom stereocenters. The topological polar surface area (TPSA) is 115 Å². The molecule has 0 saturated heterocycles. The van der Waals surface area contributed by atoms with Crippen molar-refractivity contribution in [2.24, 2.45) is 5.92 Å². The molecule has 0 heterocycles. The Bertz CT molecular complexity index is 532. The summed E-state index contributed by atoms with van der Waals surface area (Å²) in [6.45, 7) is 18.1. The lowest BCUT2D eigenvalue weighted by molar-refractivity contribution is 0.0516. The van der Waals surface area contributed by atoms with Crippen LogP contribution >= 0.6 is 0 Å². The van der Waals surface area contributed by atoms with Gasteiger partial charge in [-0.25, -0.2) is 14.4 Å². The van der Waals surface area contributed by atoms with Gasteiger partial charge in [-0.2, -0.15) is 0 Å². The highest BCUT2D eigenvalue weighted by Gasteiger charge is 2.18. The van der Waals surface area contributed by atoms with E-state index in [4.69, 9.17) is 14.2 Å². The molecule has 0 aromatic heterocycles. The number of hydrogen-bond donors (Lipinski definition) is 3. The molecule has 3 N–H and O–H groups in total. The van der Waals surface area contributed by atoms with E-state index >= 15 is 0 Å². The van der Waals surface area contributed by atoms with Crippen LogP contribution in [0.3, 0.4) is 0 Å². The lowest BCUT2D eigenvalue weighted by atomic mass is 9.92. The zero-order valence-corrected chi connectivity index (χ0v) is 22.9. The second kappa shape index (κ2) is 14.9. The lowest BCUT2D eigenvalue weighted by Crippen LogP contribution is -2.33. The molecule has 3 amide bonds. The number of alkyl carbamates (subject to hydrolysis) is 3. The Morgan fingerprint density at radius 3 is 0.971 bits per heavy atom. The van der Waals surface area contributed by atoms with E-state index in [-0.39, 0.29) is 0 Å². The number of nitrogens with one attached hydrogen (secondary N) is 3. The quantitative estimate of drug-likeness (QED) is 0.247. The van der Waals surface area contributed by atoms with Crippen LogP contribution in [0.15, 0.2) is 0 Å². The van der Waals surface area contributed by atoms with Gasteiger partial charge in [0.15, 0.2) is 0 Å². The monoisotopic (exact) mass is 487 g/mol. The normalized spacial score (nSPS) is 12.2. The van der Waals surface area contributed by atoms with E-state index in [0.717, 1.165) is 38.5 Å². The number of carbonyl (C=O) groups is 3. The van der Waals surface area contributed by atoms with Crippen LogP contribution in [0, 0.1) is 5.92 Å². The summed E-state index contributed by atoms with van der Waals surface area (Å²) >= 11 is 0. The van der Waals surface area contributed by atoms with E-state index in [1.54, 1.807) is 0 Å². The van der Waals surface area contributed by atoms with Gasteiger partial charge >= 0.3 is 18.3 Å². The lowest BCUT2D eigenvalue weighted by Gasteiger charge is -2.21. The van der Waals surface area contributed by atoms with Crippen LogP contribution in [0.2, 0.25) is 0 Å². The van der Waals surface area contributed by atoms with Gasteiger partial charge in [0.25, 0.3) is 0 Å². The van der Waals surface area contributed by atoms with E-state index in [0.29, 0.717) is 25.6 Å². The van der Waals surface area contributed by atoms with Crippen LogP contribution in [-0.4, -0.2) is 54.7 Å². The molecular weight excluding hydrogens is 438 g/mol. The molecule has 0 fully saturated rings. The number of ether oxygens (including phenoxy) is 3. The third kappa shape index (κ3) is 21.6. The Hall–Kier alpha value is -2.19. The third-order valence-corrected chi connectivity index (χ3v) is 4.37. The van der Waals surface area contributed by atoms with E-state index in [9.17, 15) is 14.4 Å². The summed E-state index contributed by atoms with van der Waals surface area (Å²) in [6.07, 6.45) is 4.01. The van der Waals surface area contributed by atoms with E-state index < -0.39 is 35.1 Å². The Labute approximate surface area is 206 Å². The average Bonchev–Trinajstić information content (AvgIpc) is 2.60. The highest BCUT2D eigenvalue weighted by molar-refractivity contribution is 5.68.